The summed E-state index contributed by atoms with van der Waals surface area (Å²) >= 11 is 0. The predicted molar refractivity (Wildman–Crippen MR) is 92.7 cm³/mol. The lowest BCUT2D eigenvalue weighted by Crippen LogP contribution is -2.26. The first-order valence-electron chi connectivity index (χ1n) is 9.16. The fraction of sp³-hybridized carbons (Fsp3) is 0.579. The van der Waals surface area contributed by atoms with E-state index in [1.807, 2.05) is 12.1 Å². The highest BCUT2D eigenvalue weighted by Gasteiger charge is 2.31. The Morgan fingerprint density at radius 1 is 1.20 bits per heavy atom. The molecule has 1 aliphatic carbocycles. The van der Waals surface area contributed by atoms with Gasteiger partial charge in [-0.05, 0) is 24.8 Å². The Morgan fingerprint density at radius 2 is 2.04 bits per heavy atom. The third kappa shape index (κ3) is 3.63. The Balaban J connectivity index is 1.50. The van der Waals surface area contributed by atoms with Crippen LogP contribution in [0, 0.1) is 5.92 Å². The minimum atomic E-state index is 0.0163. The van der Waals surface area contributed by atoms with Crippen molar-refractivity contribution in [2.75, 3.05) is 13.2 Å². The summed E-state index contributed by atoms with van der Waals surface area (Å²) < 4.78 is 17.2. The van der Waals surface area contributed by atoms with E-state index in [1.54, 1.807) is 0 Å². The van der Waals surface area contributed by atoms with Gasteiger partial charge >= 0.3 is 0 Å². The van der Waals surface area contributed by atoms with E-state index in [9.17, 15) is 0 Å². The summed E-state index contributed by atoms with van der Waals surface area (Å²) in [7, 11) is 0. The first kappa shape index (κ1) is 16.4. The van der Waals surface area contributed by atoms with Crippen molar-refractivity contribution in [1.82, 2.24) is 15.5 Å². The van der Waals surface area contributed by atoms with Gasteiger partial charge in [-0.15, -0.1) is 0 Å². The zero-order valence-electron chi connectivity index (χ0n) is 14.8. The molecule has 4 rings (SSSR count). The zero-order valence-corrected chi connectivity index (χ0v) is 14.8. The molecule has 0 spiro atoms. The van der Waals surface area contributed by atoms with E-state index in [4.69, 9.17) is 14.0 Å². The summed E-state index contributed by atoms with van der Waals surface area (Å²) in [6, 6.07) is 6.06. The van der Waals surface area contributed by atoms with Crippen LogP contribution in [0.5, 0.6) is 11.5 Å². The van der Waals surface area contributed by atoms with Crippen molar-refractivity contribution in [2.24, 2.45) is 5.92 Å². The van der Waals surface area contributed by atoms with Crippen LogP contribution in [0.25, 0.3) is 0 Å². The van der Waals surface area contributed by atoms with E-state index in [0.717, 1.165) is 29.3 Å². The van der Waals surface area contributed by atoms with E-state index < -0.39 is 0 Å². The molecule has 1 atom stereocenters. The quantitative estimate of drug-likeness (QED) is 0.864. The van der Waals surface area contributed by atoms with E-state index in [-0.39, 0.29) is 6.04 Å². The number of benzene rings is 1. The molecule has 0 unspecified atom stereocenters. The number of hydrogen-bond acceptors (Lipinski definition) is 6. The smallest absolute Gasteiger partial charge is 0.244 e. The van der Waals surface area contributed by atoms with Crippen molar-refractivity contribution in [3.63, 3.8) is 0 Å². The van der Waals surface area contributed by atoms with Crippen molar-refractivity contribution in [1.29, 1.82) is 0 Å². The number of nitrogens with one attached hydrogen (secondary N) is 1. The zero-order chi connectivity index (χ0) is 17.2. The highest BCUT2D eigenvalue weighted by molar-refractivity contribution is 5.47. The van der Waals surface area contributed by atoms with E-state index in [0.29, 0.717) is 37.5 Å². The van der Waals surface area contributed by atoms with Gasteiger partial charge in [-0.1, -0.05) is 31.1 Å². The molecule has 2 heterocycles. The molecule has 6 heteroatoms. The molecule has 1 aliphatic heterocycles. The van der Waals surface area contributed by atoms with Gasteiger partial charge in [-0.3, -0.25) is 0 Å². The topological polar surface area (TPSA) is 69.4 Å². The molecule has 1 aromatic heterocycles. The van der Waals surface area contributed by atoms with Crippen LogP contribution in [0.2, 0.25) is 0 Å². The second kappa shape index (κ2) is 7.04. The fourth-order valence-corrected chi connectivity index (χ4v) is 3.10. The highest BCUT2D eigenvalue weighted by atomic mass is 16.5. The molecule has 1 N–H and O–H groups in total. The van der Waals surface area contributed by atoms with Gasteiger partial charge in [0, 0.05) is 24.4 Å². The Morgan fingerprint density at radius 3 is 2.84 bits per heavy atom. The summed E-state index contributed by atoms with van der Waals surface area (Å²) in [5.74, 6) is 4.04. The summed E-state index contributed by atoms with van der Waals surface area (Å²) in [6.07, 6.45) is 3.25. The van der Waals surface area contributed by atoms with Gasteiger partial charge in [0.15, 0.2) is 17.3 Å². The van der Waals surface area contributed by atoms with Gasteiger partial charge < -0.3 is 19.3 Å². The maximum atomic E-state index is 5.91. The lowest BCUT2D eigenvalue weighted by molar-refractivity contribution is 0.282. The van der Waals surface area contributed by atoms with E-state index in [2.05, 4.69) is 35.4 Å². The van der Waals surface area contributed by atoms with Gasteiger partial charge in [0.1, 0.15) is 0 Å². The normalized spacial score (nSPS) is 18.2. The Kier molecular flexibility index (Phi) is 4.61. The second-order valence-electron chi connectivity index (χ2n) is 7.16. The van der Waals surface area contributed by atoms with Gasteiger partial charge in [-0.2, -0.15) is 4.98 Å². The first-order valence-corrected chi connectivity index (χ1v) is 9.16. The minimum absolute atomic E-state index is 0.0163. The average molecular weight is 343 g/mol. The lowest BCUT2D eigenvalue weighted by Gasteiger charge is -2.20. The standard InChI is InChI=1S/C19H25N3O3/c1-12(2)16(19-21-18(22-25-19)13-7-8-13)20-11-14-5-3-6-15-17(14)24-10-4-9-23-15/h3,5-6,12-13,16,20H,4,7-11H2,1-2H3/t16-/m1/s1. The number of nitrogens with zero attached hydrogens (tertiary/aromatic N) is 2. The molecule has 0 amide bonds. The van der Waals surface area contributed by atoms with Crippen LogP contribution in [-0.4, -0.2) is 23.4 Å². The van der Waals surface area contributed by atoms with E-state index >= 15 is 0 Å². The summed E-state index contributed by atoms with van der Waals surface area (Å²) in [4.78, 5) is 4.61. The summed E-state index contributed by atoms with van der Waals surface area (Å²) in [5, 5.41) is 7.71. The van der Waals surface area contributed by atoms with Crippen LogP contribution >= 0.6 is 0 Å². The van der Waals surface area contributed by atoms with Crippen molar-refractivity contribution >= 4 is 0 Å². The maximum absolute atomic E-state index is 5.91. The lowest BCUT2D eigenvalue weighted by atomic mass is 10.0. The molecule has 0 radical (unpaired) electrons. The molecular weight excluding hydrogens is 318 g/mol. The monoisotopic (exact) mass is 343 g/mol. The van der Waals surface area contributed by atoms with Crippen molar-refractivity contribution in [3.8, 4) is 11.5 Å². The fourth-order valence-electron chi connectivity index (χ4n) is 3.10. The Bertz CT molecular complexity index is 724. The van der Waals surface area contributed by atoms with Crippen molar-refractivity contribution in [2.45, 2.75) is 51.6 Å². The van der Waals surface area contributed by atoms with Crippen molar-refractivity contribution in [3.05, 3.63) is 35.5 Å². The van der Waals surface area contributed by atoms with Crippen molar-refractivity contribution < 1.29 is 14.0 Å². The SMILES string of the molecule is CC(C)[C@@H](NCc1cccc2c1OCCCO2)c1nc(C2CC2)no1. The molecule has 0 bridgehead atoms. The molecule has 1 aromatic carbocycles. The van der Waals surface area contributed by atoms with Crippen LogP contribution in [0.15, 0.2) is 22.7 Å². The predicted octanol–water partition coefficient (Wildman–Crippen LogP) is 3.60. The molecule has 134 valence electrons. The maximum Gasteiger partial charge on any atom is 0.244 e. The number of fused-ring (bicyclic) bond motifs is 1. The third-order valence-electron chi connectivity index (χ3n) is 4.70. The molecule has 25 heavy (non-hydrogen) atoms. The minimum Gasteiger partial charge on any atom is -0.490 e. The third-order valence-corrected chi connectivity index (χ3v) is 4.70. The van der Waals surface area contributed by atoms with Crippen LogP contribution in [-0.2, 0) is 6.54 Å². The molecule has 0 saturated heterocycles. The van der Waals surface area contributed by atoms with Crippen LogP contribution in [0.1, 0.15) is 62.3 Å². The summed E-state index contributed by atoms with van der Waals surface area (Å²) in [5.41, 5.74) is 1.09. The number of rotatable bonds is 6. The Hall–Kier alpha value is -2.08. The molecular formula is C19H25N3O3. The molecule has 6 nitrogen and oxygen atoms in total. The summed E-state index contributed by atoms with van der Waals surface area (Å²) in [6.45, 7) is 6.36. The van der Waals surface area contributed by atoms with Crippen LogP contribution < -0.4 is 14.8 Å². The largest absolute Gasteiger partial charge is 0.490 e. The first-order chi connectivity index (χ1) is 12.2. The second-order valence-corrected chi connectivity index (χ2v) is 7.16. The molecule has 1 fully saturated rings. The van der Waals surface area contributed by atoms with Gasteiger partial charge in [0.2, 0.25) is 5.89 Å². The van der Waals surface area contributed by atoms with Gasteiger partial charge in [-0.25, -0.2) is 0 Å². The molecule has 1 saturated carbocycles. The molecule has 2 aromatic rings. The van der Waals surface area contributed by atoms with E-state index in [1.165, 1.54) is 12.8 Å². The average Bonchev–Trinajstić information content (AvgIpc) is 3.38. The highest BCUT2D eigenvalue weighted by Crippen LogP contribution is 2.39. The number of para-hydroxylation sites is 1. The van der Waals surface area contributed by atoms with Gasteiger partial charge in [0.05, 0.1) is 19.3 Å². The van der Waals surface area contributed by atoms with Gasteiger partial charge in [0.25, 0.3) is 0 Å². The number of aromatic nitrogens is 2. The number of hydrogen-bond donors (Lipinski definition) is 1. The Labute approximate surface area is 147 Å². The van der Waals surface area contributed by atoms with Crippen LogP contribution in [0.3, 0.4) is 0 Å². The van der Waals surface area contributed by atoms with Crippen LogP contribution in [0.4, 0.5) is 0 Å². The number of ether oxygens (including phenoxy) is 2. The molecule has 2 aliphatic rings.